The van der Waals surface area contributed by atoms with Gasteiger partial charge in [-0.3, -0.25) is 0 Å². The summed E-state index contributed by atoms with van der Waals surface area (Å²) in [4.78, 5) is 0. The van der Waals surface area contributed by atoms with Gasteiger partial charge in [0.05, 0.1) is 0 Å². The van der Waals surface area contributed by atoms with Crippen LogP contribution in [0.5, 0.6) is 0 Å². The molecule has 1 fully saturated rings. The van der Waals surface area contributed by atoms with Gasteiger partial charge in [0, 0.05) is 101 Å². The van der Waals surface area contributed by atoms with E-state index in [0.717, 1.165) is 60.7 Å². The minimum absolute atomic E-state index is 0.638. The molecular formula is C36H78O9S8Si3. The molecule has 0 aromatic rings. The summed E-state index contributed by atoms with van der Waals surface area (Å²) in [5, 5.41) is 0. The van der Waals surface area contributed by atoms with Crippen molar-refractivity contribution in [2.45, 2.75) is 132 Å². The molecule has 0 aromatic carbocycles. The molecule has 0 amide bonds. The molecule has 1 saturated carbocycles. The second kappa shape index (κ2) is 37.5. The summed E-state index contributed by atoms with van der Waals surface area (Å²) in [6.45, 7) is 24.1. The SMILES string of the molecule is CCO[Si](CCCSSSSCCC1CCC(CCSSSSCCC[Si](OCC)(OCC)OCC)C(CC[Si](OCC)(OCC)OCC)C1)(OCC)OCC. The maximum atomic E-state index is 6.28. The fourth-order valence-corrected chi connectivity index (χ4v) is 28.0. The first-order valence-corrected chi connectivity index (χ1v) is 37.3. The Hall–Kier alpha value is 3.09. The van der Waals surface area contributed by atoms with E-state index < -0.39 is 26.4 Å². The zero-order valence-electron chi connectivity index (χ0n) is 36.1. The maximum Gasteiger partial charge on any atom is 0.500 e. The summed E-state index contributed by atoms with van der Waals surface area (Å²) in [7, 11) is 7.88. The van der Waals surface area contributed by atoms with Crippen LogP contribution < -0.4 is 0 Å². The van der Waals surface area contributed by atoms with Crippen molar-refractivity contribution in [2.24, 2.45) is 17.8 Å². The molecular weight excluding hydrogens is 917 g/mol. The molecule has 20 heteroatoms. The first-order valence-electron chi connectivity index (χ1n) is 21.2. The molecule has 3 unspecified atom stereocenters. The highest BCUT2D eigenvalue weighted by atomic mass is 33.7. The maximum absolute atomic E-state index is 6.28. The monoisotopic (exact) mass is 994 g/mol. The highest BCUT2D eigenvalue weighted by Gasteiger charge is 2.43. The molecule has 0 saturated heterocycles. The molecule has 9 nitrogen and oxygen atoms in total. The van der Waals surface area contributed by atoms with Gasteiger partial charge in [0.25, 0.3) is 0 Å². The van der Waals surface area contributed by atoms with Gasteiger partial charge in [-0.2, -0.15) is 0 Å². The average molecular weight is 996 g/mol. The van der Waals surface area contributed by atoms with Crippen LogP contribution in [-0.2, 0) is 39.8 Å². The van der Waals surface area contributed by atoms with E-state index in [9.17, 15) is 0 Å². The van der Waals surface area contributed by atoms with Crippen molar-refractivity contribution in [2.75, 3.05) is 82.5 Å². The molecule has 1 aliphatic rings. The van der Waals surface area contributed by atoms with Crippen LogP contribution in [0.15, 0.2) is 0 Å². The van der Waals surface area contributed by atoms with Crippen LogP contribution in [0.3, 0.4) is 0 Å². The smallest absolute Gasteiger partial charge is 0.374 e. The van der Waals surface area contributed by atoms with Crippen molar-refractivity contribution in [3.05, 3.63) is 0 Å². The molecule has 0 heterocycles. The van der Waals surface area contributed by atoms with Gasteiger partial charge < -0.3 is 39.8 Å². The third kappa shape index (κ3) is 25.4. The zero-order valence-corrected chi connectivity index (χ0v) is 45.7. The van der Waals surface area contributed by atoms with Gasteiger partial charge in [0.1, 0.15) is 0 Å². The van der Waals surface area contributed by atoms with Gasteiger partial charge in [-0.25, -0.2) is 0 Å². The molecule has 56 heavy (non-hydrogen) atoms. The van der Waals surface area contributed by atoms with Gasteiger partial charge in [-0.05, 0) is 164 Å². The Morgan fingerprint density at radius 1 is 0.375 bits per heavy atom. The fraction of sp³-hybridized carbons (Fsp3) is 1.00. The van der Waals surface area contributed by atoms with Crippen LogP contribution >= 0.6 is 82.5 Å². The first kappa shape index (κ1) is 57.1. The average Bonchev–Trinajstić information content (AvgIpc) is 3.17. The topological polar surface area (TPSA) is 83.1 Å². The fourth-order valence-electron chi connectivity index (χ4n) is 7.11. The third-order valence-corrected chi connectivity index (χ3v) is 31.8. The number of hydrogen-bond donors (Lipinski definition) is 0. The van der Waals surface area contributed by atoms with Crippen LogP contribution in [0.25, 0.3) is 0 Å². The summed E-state index contributed by atoms with van der Waals surface area (Å²) in [6, 6.07) is 2.70. The quantitative estimate of drug-likeness (QED) is 0.0331. The summed E-state index contributed by atoms with van der Waals surface area (Å²) < 4.78 is 55.0. The Kier molecular flexibility index (Phi) is 38.2. The molecule has 0 aromatic heterocycles. The largest absolute Gasteiger partial charge is 0.500 e. The Balaban J connectivity index is 2.55. The summed E-state index contributed by atoms with van der Waals surface area (Å²) in [5.74, 6) is 6.80. The van der Waals surface area contributed by atoms with Crippen LogP contribution in [0.1, 0.15) is 114 Å². The van der Waals surface area contributed by atoms with E-state index in [-0.39, 0.29) is 0 Å². The molecule has 0 radical (unpaired) electrons. The first-order chi connectivity index (χ1) is 27.3. The van der Waals surface area contributed by atoms with E-state index in [4.69, 9.17) is 39.8 Å². The summed E-state index contributed by atoms with van der Waals surface area (Å²) in [5.41, 5.74) is 0. The van der Waals surface area contributed by atoms with Crippen molar-refractivity contribution < 1.29 is 39.8 Å². The van der Waals surface area contributed by atoms with Gasteiger partial charge in [-0.15, -0.1) is 0 Å². The predicted octanol–water partition coefficient (Wildman–Crippen LogP) is 13.5. The summed E-state index contributed by atoms with van der Waals surface area (Å²) >= 11 is 0. The molecule has 0 N–H and O–H groups in total. The lowest BCUT2D eigenvalue weighted by molar-refractivity contribution is 0.0658. The lowest BCUT2D eigenvalue weighted by Crippen LogP contribution is -2.46. The lowest BCUT2D eigenvalue weighted by Gasteiger charge is -2.38. The highest BCUT2D eigenvalue weighted by Crippen LogP contribution is 2.48. The molecule has 1 aliphatic carbocycles. The number of hydrogen-bond acceptors (Lipinski definition) is 17. The van der Waals surface area contributed by atoms with E-state index in [1.54, 1.807) is 0 Å². The van der Waals surface area contributed by atoms with Gasteiger partial charge in [0.15, 0.2) is 0 Å². The third-order valence-electron chi connectivity index (χ3n) is 9.20. The van der Waals surface area contributed by atoms with Crippen molar-refractivity contribution >= 4 is 109 Å². The van der Waals surface area contributed by atoms with Crippen LogP contribution in [0.2, 0.25) is 18.1 Å². The van der Waals surface area contributed by atoms with E-state index in [1.807, 2.05) is 124 Å². The second-order valence-electron chi connectivity index (χ2n) is 13.0. The van der Waals surface area contributed by atoms with Crippen molar-refractivity contribution in [1.82, 2.24) is 0 Å². The minimum Gasteiger partial charge on any atom is -0.374 e. The highest BCUT2D eigenvalue weighted by molar-refractivity contribution is 9.26. The minimum atomic E-state index is -2.66. The Labute approximate surface area is 377 Å². The van der Waals surface area contributed by atoms with E-state index in [2.05, 4.69) is 20.8 Å². The zero-order chi connectivity index (χ0) is 41.2. The molecule has 0 aliphatic heterocycles. The van der Waals surface area contributed by atoms with Crippen LogP contribution in [-0.4, -0.2) is 109 Å². The van der Waals surface area contributed by atoms with E-state index in [0.29, 0.717) is 65.4 Å². The van der Waals surface area contributed by atoms with Gasteiger partial charge in [-0.1, -0.05) is 49.6 Å². The van der Waals surface area contributed by atoms with Crippen molar-refractivity contribution in [1.29, 1.82) is 0 Å². The Morgan fingerprint density at radius 3 is 1.09 bits per heavy atom. The number of rotatable bonds is 41. The van der Waals surface area contributed by atoms with Crippen LogP contribution in [0, 0.1) is 17.8 Å². The normalized spacial score (nSPS) is 18.3. The van der Waals surface area contributed by atoms with Crippen LogP contribution in [0.4, 0.5) is 0 Å². The molecule has 0 bridgehead atoms. The molecule has 336 valence electrons. The van der Waals surface area contributed by atoms with E-state index >= 15 is 0 Å². The van der Waals surface area contributed by atoms with Crippen molar-refractivity contribution in [3.63, 3.8) is 0 Å². The second-order valence-corrected chi connectivity index (χ2v) is 33.7. The Morgan fingerprint density at radius 2 is 0.714 bits per heavy atom. The summed E-state index contributed by atoms with van der Waals surface area (Å²) in [6.07, 6.45) is 9.81. The molecule has 0 spiro atoms. The van der Waals surface area contributed by atoms with E-state index in [1.165, 1.54) is 43.6 Å². The predicted molar refractivity (Wildman–Crippen MR) is 264 cm³/mol. The Bertz CT molecular complexity index is 853. The molecule has 1 rings (SSSR count). The van der Waals surface area contributed by atoms with Gasteiger partial charge >= 0.3 is 26.4 Å². The molecule has 3 atom stereocenters. The van der Waals surface area contributed by atoms with Crippen molar-refractivity contribution in [3.8, 4) is 0 Å². The van der Waals surface area contributed by atoms with Gasteiger partial charge in [0.2, 0.25) is 0 Å². The lowest BCUT2D eigenvalue weighted by atomic mass is 9.71. The standard InChI is InChI=1S/C36H78O9S8Si3/c1-10-37-54(38-11-2,39-12-3)30-19-26-46-50-52-48-28-23-34-21-22-35(36(33-34)25-32-56(43-16-7,44-17-8)45-18-9)24-29-49-53-51-47-27-20-31-55(40-13-4,41-14-5)42-15-6/h34-36H,10-33H2,1-9H3.